The van der Waals surface area contributed by atoms with Crippen LogP contribution < -0.4 is 4.74 Å². The van der Waals surface area contributed by atoms with Crippen LogP contribution in [0, 0.1) is 5.92 Å². The number of hydrogen-bond donors (Lipinski definition) is 0. The Hall–Kier alpha value is 0.0300. The van der Waals surface area contributed by atoms with Gasteiger partial charge < -0.3 is 4.74 Å². The molecular weight excluding hydrogens is 375 g/mol. The average molecular weight is 388 g/mol. The number of rotatable bonds is 3. The highest BCUT2D eigenvalue weighted by molar-refractivity contribution is 9.10. The zero-order chi connectivity index (χ0) is 14.2. The highest BCUT2D eigenvalue weighted by atomic mass is 79.9. The zero-order valence-electron chi connectivity index (χ0n) is 10.2. The summed E-state index contributed by atoms with van der Waals surface area (Å²) in [7, 11) is -1.41. The summed E-state index contributed by atoms with van der Waals surface area (Å²) in [6, 6.07) is 3.45. The van der Waals surface area contributed by atoms with E-state index < -0.39 is 15.2 Å². The monoisotopic (exact) mass is 386 g/mol. The molecule has 1 fully saturated rings. The summed E-state index contributed by atoms with van der Waals surface area (Å²) < 4.78 is 29.1. The van der Waals surface area contributed by atoms with E-state index in [0.29, 0.717) is 21.7 Å². The number of methoxy groups -OCH3 is 1. The Labute approximate surface area is 131 Å². The molecule has 0 N–H and O–H groups in total. The van der Waals surface area contributed by atoms with Gasteiger partial charge in [-0.2, -0.15) is 0 Å². The molecule has 0 amide bonds. The first-order chi connectivity index (χ1) is 8.84. The molecule has 0 saturated carbocycles. The molecule has 1 aliphatic heterocycles. The predicted octanol–water partition coefficient (Wildman–Crippen LogP) is 3.83. The number of hydrogen-bond acceptors (Lipinski definition) is 3. The summed E-state index contributed by atoms with van der Waals surface area (Å²) in [5, 5.41) is 0.108. The first-order valence-electron chi connectivity index (χ1n) is 5.71. The van der Waals surface area contributed by atoms with Crippen molar-refractivity contribution in [2.75, 3.05) is 18.6 Å². The van der Waals surface area contributed by atoms with Crippen LogP contribution in [0.25, 0.3) is 0 Å². The minimum Gasteiger partial charge on any atom is -0.495 e. The third kappa shape index (κ3) is 3.38. The van der Waals surface area contributed by atoms with Gasteiger partial charge in [0.2, 0.25) is 0 Å². The van der Waals surface area contributed by atoms with Gasteiger partial charge in [-0.3, -0.25) is 0 Å². The summed E-state index contributed by atoms with van der Waals surface area (Å²) >= 11 is 15.8. The van der Waals surface area contributed by atoms with Gasteiger partial charge in [0.25, 0.3) is 0 Å². The molecule has 0 aliphatic carbocycles. The smallest absolute Gasteiger partial charge is 0.150 e. The second-order valence-electron chi connectivity index (χ2n) is 4.57. The van der Waals surface area contributed by atoms with Crippen LogP contribution in [0.15, 0.2) is 16.6 Å². The molecule has 1 aromatic carbocycles. The van der Waals surface area contributed by atoms with Crippen molar-refractivity contribution in [3.63, 3.8) is 0 Å². The van der Waals surface area contributed by atoms with E-state index >= 15 is 0 Å². The van der Waals surface area contributed by atoms with Gasteiger partial charge in [0, 0.05) is 10.6 Å². The molecule has 2 rings (SSSR count). The van der Waals surface area contributed by atoms with Crippen molar-refractivity contribution >= 4 is 49.0 Å². The maximum Gasteiger partial charge on any atom is 0.150 e. The van der Waals surface area contributed by atoms with Crippen LogP contribution in [0.2, 0.25) is 5.02 Å². The van der Waals surface area contributed by atoms with E-state index in [-0.39, 0.29) is 17.4 Å². The molecule has 3 nitrogen and oxygen atoms in total. The number of ether oxygens (including phenoxy) is 1. The van der Waals surface area contributed by atoms with E-state index in [4.69, 9.17) is 27.9 Å². The van der Waals surface area contributed by atoms with Crippen molar-refractivity contribution in [1.29, 1.82) is 0 Å². The van der Waals surface area contributed by atoms with E-state index in [2.05, 4.69) is 15.9 Å². The third-order valence-corrected chi connectivity index (χ3v) is 6.41. The number of sulfone groups is 1. The number of alkyl halides is 1. The fraction of sp³-hybridized carbons (Fsp3) is 0.500. The second-order valence-corrected chi connectivity index (χ2v) is 8.56. The van der Waals surface area contributed by atoms with Gasteiger partial charge >= 0.3 is 0 Å². The molecule has 0 radical (unpaired) electrons. The minimum atomic E-state index is -2.96. The van der Waals surface area contributed by atoms with Crippen LogP contribution in [-0.4, -0.2) is 27.0 Å². The van der Waals surface area contributed by atoms with Gasteiger partial charge in [0.05, 0.1) is 28.5 Å². The standard InChI is InChI=1S/C12H13BrCl2O3S/c1-18-12-9(4-8(14)5-10(12)13)11(15)7-2-3-19(16,17)6-7/h4-5,7,11H,2-3,6H2,1H3. The van der Waals surface area contributed by atoms with Gasteiger partial charge in [-0.15, -0.1) is 11.6 Å². The summed E-state index contributed by atoms with van der Waals surface area (Å²) in [6.07, 6.45) is 0.573. The third-order valence-electron chi connectivity index (χ3n) is 3.22. The molecule has 0 bridgehead atoms. The second kappa shape index (κ2) is 5.80. The molecule has 1 aromatic rings. The van der Waals surface area contributed by atoms with Crippen molar-refractivity contribution in [2.45, 2.75) is 11.8 Å². The Balaban J connectivity index is 2.36. The van der Waals surface area contributed by atoms with Crippen molar-refractivity contribution in [1.82, 2.24) is 0 Å². The van der Waals surface area contributed by atoms with Crippen LogP contribution >= 0.6 is 39.1 Å². The Kier molecular flexibility index (Phi) is 4.71. The number of halogens is 3. The highest BCUT2D eigenvalue weighted by Crippen LogP contribution is 2.44. The van der Waals surface area contributed by atoms with Crippen molar-refractivity contribution in [2.24, 2.45) is 5.92 Å². The van der Waals surface area contributed by atoms with Gasteiger partial charge in [-0.25, -0.2) is 8.42 Å². The minimum absolute atomic E-state index is 0.106. The van der Waals surface area contributed by atoms with Crippen molar-refractivity contribution in [3.8, 4) is 5.75 Å². The molecule has 0 aromatic heterocycles. The Morgan fingerprint density at radius 1 is 1.47 bits per heavy atom. The lowest BCUT2D eigenvalue weighted by Crippen LogP contribution is -2.11. The molecule has 0 spiro atoms. The Bertz CT molecular complexity index is 589. The van der Waals surface area contributed by atoms with Crippen LogP contribution in [0.5, 0.6) is 5.75 Å². The molecular formula is C12H13BrCl2O3S. The maximum atomic E-state index is 11.5. The van der Waals surface area contributed by atoms with E-state index in [0.717, 1.165) is 5.56 Å². The Morgan fingerprint density at radius 3 is 2.68 bits per heavy atom. The fourth-order valence-corrected chi connectivity index (χ4v) is 5.63. The van der Waals surface area contributed by atoms with Gasteiger partial charge in [-0.1, -0.05) is 11.6 Å². The van der Waals surface area contributed by atoms with Crippen LogP contribution in [-0.2, 0) is 9.84 Å². The fourth-order valence-electron chi connectivity index (χ4n) is 2.31. The molecule has 2 atom stereocenters. The summed E-state index contributed by atoms with van der Waals surface area (Å²) in [5.74, 6) is 0.818. The average Bonchev–Trinajstić information content (AvgIpc) is 2.68. The molecule has 1 aliphatic rings. The number of benzene rings is 1. The quantitative estimate of drug-likeness (QED) is 0.740. The molecule has 1 saturated heterocycles. The van der Waals surface area contributed by atoms with Crippen molar-refractivity contribution in [3.05, 3.63) is 27.2 Å². The molecule has 106 valence electrons. The van der Waals surface area contributed by atoms with E-state index in [1.807, 2.05) is 0 Å². The SMILES string of the molecule is COc1c(Br)cc(Cl)cc1C(Cl)C1CCS(=O)(=O)C1. The van der Waals surface area contributed by atoms with Crippen LogP contribution in [0.3, 0.4) is 0 Å². The zero-order valence-corrected chi connectivity index (χ0v) is 14.1. The van der Waals surface area contributed by atoms with Crippen molar-refractivity contribution < 1.29 is 13.2 Å². The van der Waals surface area contributed by atoms with Gasteiger partial charge in [-0.05, 0) is 40.4 Å². The molecule has 2 unspecified atom stereocenters. The topological polar surface area (TPSA) is 43.4 Å². The lowest BCUT2D eigenvalue weighted by molar-refractivity contribution is 0.402. The summed E-state index contributed by atoms with van der Waals surface area (Å²) in [6.45, 7) is 0. The van der Waals surface area contributed by atoms with E-state index in [1.54, 1.807) is 19.2 Å². The lowest BCUT2D eigenvalue weighted by Gasteiger charge is -2.20. The molecule has 1 heterocycles. The maximum absolute atomic E-state index is 11.5. The molecule has 7 heteroatoms. The molecule has 19 heavy (non-hydrogen) atoms. The summed E-state index contributed by atoms with van der Waals surface area (Å²) in [5.41, 5.74) is 0.727. The predicted molar refractivity (Wildman–Crippen MR) is 81.1 cm³/mol. The first kappa shape index (κ1) is 15.4. The first-order valence-corrected chi connectivity index (χ1v) is 9.14. The lowest BCUT2D eigenvalue weighted by atomic mass is 9.97. The largest absolute Gasteiger partial charge is 0.495 e. The highest BCUT2D eigenvalue weighted by Gasteiger charge is 2.35. The van der Waals surface area contributed by atoms with E-state index in [1.165, 1.54) is 0 Å². The van der Waals surface area contributed by atoms with Gasteiger partial charge in [0.15, 0.2) is 9.84 Å². The van der Waals surface area contributed by atoms with E-state index in [9.17, 15) is 8.42 Å². The normalized spacial score (nSPS) is 23.3. The van der Waals surface area contributed by atoms with Crippen LogP contribution in [0.1, 0.15) is 17.4 Å². The van der Waals surface area contributed by atoms with Gasteiger partial charge in [0.1, 0.15) is 5.75 Å². The summed E-state index contributed by atoms with van der Waals surface area (Å²) in [4.78, 5) is 0. The van der Waals surface area contributed by atoms with Crippen LogP contribution in [0.4, 0.5) is 0 Å². The Morgan fingerprint density at radius 2 is 2.16 bits per heavy atom.